The first-order valence-corrected chi connectivity index (χ1v) is 6.85. The van der Waals surface area contributed by atoms with E-state index in [0.29, 0.717) is 12.0 Å². The Balaban J connectivity index is 2.89. The summed E-state index contributed by atoms with van der Waals surface area (Å²) in [5.41, 5.74) is 6.56. The summed E-state index contributed by atoms with van der Waals surface area (Å²) >= 11 is 0. The zero-order valence-corrected chi connectivity index (χ0v) is 12.2. The third-order valence-electron chi connectivity index (χ3n) is 2.97. The van der Waals surface area contributed by atoms with Gasteiger partial charge in [0, 0.05) is 6.04 Å². The summed E-state index contributed by atoms with van der Waals surface area (Å²) in [5, 5.41) is 0. The largest absolute Gasteiger partial charge is 0.476 e. The van der Waals surface area contributed by atoms with Crippen LogP contribution >= 0.6 is 0 Å². The highest BCUT2D eigenvalue weighted by molar-refractivity contribution is 5.74. The first kappa shape index (κ1) is 16.4. The SMILES string of the molecule is CCOC(=O)C(C)Oc1c(F)cccc1CC(N)CC. The molecule has 1 aromatic rings. The van der Waals surface area contributed by atoms with E-state index in [1.807, 2.05) is 6.92 Å². The molecule has 0 bridgehead atoms. The summed E-state index contributed by atoms with van der Waals surface area (Å²) in [6.45, 7) is 5.47. The average Bonchev–Trinajstić information content (AvgIpc) is 2.42. The Bertz CT molecular complexity index is 451. The van der Waals surface area contributed by atoms with Crippen molar-refractivity contribution in [3.05, 3.63) is 29.6 Å². The maximum absolute atomic E-state index is 13.9. The number of rotatable bonds is 7. The molecule has 2 unspecified atom stereocenters. The van der Waals surface area contributed by atoms with E-state index in [0.717, 1.165) is 6.42 Å². The van der Waals surface area contributed by atoms with Crippen LogP contribution in [0, 0.1) is 5.82 Å². The average molecular weight is 283 g/mol. The molecule has 0 saturated heterocycles. The number of hydrogen-bond donors (Lipinski definition) is 1. The van der Waals surface area contributed by atoms with Crippen LogP contribution in [0.3, 0.4) is 0 Å². The molecule has 0 aliphatic carbocycles. The minimum absolute atomic E-state index is 0.0722. The third kappa shape index (κ3) is 4.49. The lowest BCUT2D eigenvalue weighted by Crippen LogP contribution is -2.28. The van der Waals surface area contributed by atoms with Gasteiger partial charge < -0.3 is 15.2 Å². The summed E-state index contributed by atoms with van der Waals surface area (Å²) in [5.74, 6) is -0.930. The normalized spacial score (nSPS) is 13.7. The Morgan fingerprint density at radius 2 is 2.10 bits per heavy atom. The standard InChI is InChI=1S/C15H22FNO3/c1-4-12(17)9-11-7-6-8-13(16)14(11)20-10(3)15(18)19-5-2/h6-8,10,12H,4-5,9,17H2,1-3H3. The minimum Gasteiger partial charge on any atom is -0.476 e. The quantitative estimate of drug-likeness (QED) is 0.781. The van der Waals surface area contributed by atoms with E-state index in [2.05, 4.69) is 0 Å². The van der Waals surface area contributed by atoms with Crippen molar-refractivity contribution in [2.45, 2.75) is 45.8 Å². The summed E-state index contributed by atoms with van der Waals surface area (Å²) < 4.78 is 24.2. The second-order valence-electron chi connectivity index (χ2n) is 4.61. The Morgan fingerprint density at radius 1 is 1.40 bits per heavy atom. The summed E-state index contributed by atoms with van der Waals surface area (Å²) in [6, 6.07) is 4.59. The number of hydrogen-bond acceptors (Lipinski definition) is 4. The monoisotopic (exact) mass is 283 g/mol. The lowest BCUT2D eigenvalue weighted by molar-refractivity contribution is -0.150. The molecule has 1 aromatic carbocycles. The second-order valence-corrected chi connectivity index (χ2v) is 4.61. The molecular formula is C15H22FNO3. The number of benzene rings is 1. The Labute approximate surface area is 119 Å². The van der Waals surface area contributed by atoms with Gasteiger partial charge in [0.05, 0.1) is 6.61 Å². The van der Waals surface area contributed by atoms with Gasteiger partial charge in [0.25, 0.3) is 0 Å². The van der Waals surface area contributed by atoms with Crippen molar-refractivity contribution in [2.75, 3.05) is 6.61 Å². The highest BCUT2D eigenvalue weighted by Crippen LogP contribution is 2.25. The molecule has 0 aliphatic heterocycles. The molecule has 0 radical (unpaired) electrons. The molecule has 1 rings (SSSR count). The van der Waals surface area contributed by atoms with Crippen molar-refractivity contribution >= 4 is 5.97 Å². The van der Waals surface area contributed by atoms with Crippen molar-refractivity contribution in [3.8, 4) is 5.75 Å². The first-order chi connectivity index (χ1) is 9.49. The van der Waals surface area contributed by atoms with Crippen molar-refractivity contribution in [1.29, 1.82) is 0 Å². The molecule has 0 spiro atoms. The summed E-state index contributed by atoms with van der Waals surface area (Å²) in [4.78, 5) is 11.6. The summed E-state index contributed by atoms with van der Waals surface area (Å²) in [6.07, 6.45) is 0.422. The summed E-state index contributed by atoms with van der Waals surface area (Å²) in [7, 11) is 0. The molecule has 0 saturated carbocycles. The maximum Gasteiger partial charge on any atom is 0.347 e. The second kappa shape index (κ2) is 7.85. The fourth-order valence-corrected chi connectivity index (χ4v) is 1.76. The van der Waals surface area contributed by atoms with Gasteiger partial charge in [0.15, 0.2) is 17.7 Å². The Kier molecular flexibility index (Phi) is 6.45. The van der Waals surface area contributed by atoms with Gasteiger partial charge in [-0.15, -0.1) is 0 Å². The van der Waals surface area contributed by atoms with Crippen LogP contribution in [0.25, 0.3) is 0 Å². The Morgan fingerprint density at radius 3 is 2.70 bits per heavy atom. The van der Waals surface area contributed by atoms with Crippen LogP contribution < -0.4 is 10.5 Å². The molecule has 20 heavy (non-hydrogen) atoms. The fraction of sp³-hybridized carbons (Fsp3) is 0.533. The van der Waals surface area contributed by atoms with Gasteiger partial charge in [-0.3, -0.25) is 0 Å². The molecule has 0 amide bonds. The van der Waals surface area contributed by atoms with E-state index in [4.69, 9.17) is 15.2 Å². The molecule has 0 heterocycles. The van der Waals surface area contributed by atoms with E-state index in [9.17, 15) is 9.18 Å². The van der Waals surface area contributed by atoms with Crippen LogP contribution in [0.4, 0.5) is 4.39 Å². The van der Waals surface area contributed by atoms with Crippen LogP contribution in [0.2, 0.25) is 0 Å². The van der Waals surface area contributed by atoms with E-state index in [1.54, 1.807) is 19.1 Å². The van der Waals surface area contributed by atoms with Crippen molar-refractivity contribution in [3.63, 3.8) is 0 Å². The van der Waals surface area contributed by atoms with Gasteiger partial charge in [-0.2, -0.15) is 0 Å². The Hall–Kier alpha value is -1.62. The lowest BCUT2D eigenvalue weighted by atomic mass is 10.0. The van der Waals surface area contributed by atoms with Gasteiger partial charge in [-0.25, -0.2) is 9.18 Å². The number of nitrogens with two attached hydrogens (primary N) is 1. The van der Waals surface area contributed by atoms with E-state index < -0.39 is 17.9 Å². The predicted octanol–water partition coefficient (Wildman–Crippen LogP) is 2.44. The molecule has 2 N–H and O–H groups in total. The van der Waals surface area contributed by atoms with Crippen molar-refractivity contribution < 1.29 is 18.7 Å². The van der Waals surface area contributed by atoms with E-state index >= 15 is 0 Å². The van der Waals surface area contributed by atoms with Crippen LogP contribution in [0.15, 0.2) is 18.2 Å². The molecule has 4 nitrogen and oxygen atoms in total. The topological polar surface area (TPSA) is 61.5 Å². The van der Waals surface area contributed by atoms with Gasteiger partial charge >= 0.3 is 5.97 Å². The van der Waals surface area contributed by atoms with E-state index in [1.165, 1.54) is 13.0 Å². The van der Waals surface area contributed by atoms with Gasteiger partial charge in [0.1, 0.15) is 0 Å². The lowest BCUT2D eigenvalue weighted by Gasteiger charge is -2.18. The molecule has 0 aliphatic rings. The number of para-hydroxylation sites is 1. The molecule has 2 atom stereocenters. The fourth-order valence-electron chi connectivity index (χ4n) is 1.76. The first-order valence-electron chi connectivity index (χ1n) is 6.85. The van der Waals surface area contributed by atoms with Crippen LogP contribution in [0.1, 0.15) is 32.8 Å². The maximum atomic E-state index is 13.9. The number of carbonyl (C=O) groups is 1. The van der Waals surface area contributed by atoms with Crippen LogP contribution in [-0.2, 0) is 16.0 Å². The molecule has 112 valence electrons. The zero-order valence-electron chi connectivity index (χ0n) is 12.2. The highest BCUT2D eigenvalue weighted by atomic mass is 19.1. The minimum atomic E-state index is -0.858. The van der Waals surface area contributed by atoms with Crippen LogP contribution in [-0.4, -0.2) is 24.7 Å². The van der Waals surface area contributed by atoms with Crippen LogP contribution in [0.5, 0.6) is 5.75 Å². The highest BCUT2D eigenvalue weighted by Gasteiger charge is 2.20. The van der Waals surface area contributed by atoms with Crippen molar-refractivity contribution in [2.24, 2.45) is 5.73 Å². The van der Waals surface area contributed by atoms with E-state index in [-0.39, 0.29) is 18.4 Å². The van der Waals surface area contributed by atoms with Gasteiger partial charge in [-0.1, -0.05) is 19.1 Å². The van der Waals surface area contributed by atoms with Crippen molar-refractivity contribution in [1.82, 2.24) is 0 Å². The third-order valence-corrected chi connectivity index (χ3v) is 2.97. The predicted molar refractivity (Wildman–Crippen MR) is 75.1 cm³/mol. The molecule has 0 aromatic heterocycles. The molecule has 5 heteroatoms. The van der Waals surface area contributed by atoms with Gasteiger partial charge in [-0.05, 0) is 38.3 Å². The molecular weight excluding hydrogens is 261 g/mol. The number of ether oxygens (including phenoxy) is 2. The molecule has 0 fully saturated rings. The zero-order chi connectivity index (χ0) is 15.1. The smallest absolute Gasteiger partial charge is 0.347 e. The number of carbonyl (C=O) groups excluding carboxylic acids is 1. The number of halogens is 1. The number of esters is 1. The van der Waals surface area contributed by atoms with Gasteiger partial charge in [0.2, 0.25) is 0 Å².